The second kappa shape index (κ2) is 8.94. The van der Waals surface area contributed by atoms with Crippen molar-refractivity contribution in [2.45, 2.75) is 40.7 Å². The number of amides is 1. The van der Waals surface area contributed by atoms with E-state index in [1.54, 1.807) is 14.2 Å². The Morgan fingerprint density at radius 3 is 2.22 bits per heavy atom. The first kappa shape index (κ1) is 20.8. The molecule has 0 saturated heterocycles. The summed E-state index contributed by atoms with van der Waals surface area (Å²) in [5.41, 5.74) is 2.97. The number of ether oxygens (including phenoxy) is 2. The minimum Gasteiger partial charge on any atom is -0.497 e. The Balaban J connectivity index is 2.29. The van der Waals surface area contributed by atoms with Gasteiger partial charge in [0.1, 0.15) is 11.5 Å². The Hall–Kier alpha value is -2.49. The number of aryl methyl sites for hydroxylation is 1. The van der Waals surface area contributed by atoms with Crippen LogP contribution >= 0.6 is 0 Å². The first-order valence-electron chi connectivity index (χ1n) is 9.30. The molecule has 0 N–H and O–H groups in total. The number of methoxy groups -OCH3 is 2. The van der Waals surface area contributed by atoms with Crippen molar-refractivity contribution in [2.24, 2.45) is 5.41 Å². The van der Waals surface area contributed by atoms with Crippen molar-refractivity contribution in [3.8, 4) is 11.5 Å². The van der Waals surface area contributed by atoms with E-state index in [9.17, 15) is 4.79 Å². The summed E-state index contributed by atoms with van der Waals surface area (Å²) < 4.78 is 10.8. The molecule has 0 bridgehead atoms. The lowest BCUT2D eigenvalue weighted by Gasteiger charge is -2.28. The number of carbonyl (C=O) groups is 1. The van der Waals surface area contributed by atoms with Crippen LogP contribution in [0.1, 0.15) is 48.7 Å². The highest BCUT2D eigenvalue weighted by atomic mass is 16.5. The van der Waals surface area contributed by atoms with Crippen LogP contribution in [0.4, 0.5) is 0 Å². The molecule has 4 nitrogen and oxygen atoms in total. The van der Waals surface area contributed by atoms with Gasteiger partial charge in [-0.05, 0) is 43.0 Å². The molecule has 0 aliphatic heterocycles. The fourth-order valence-electron chi connectivity index (χ4n) is 2.79. The Labute approximate surface area is 163 Å². The van der Waals surface area contributed by atoms with Crippen LogP contribution in [0.5, 0.6) is 11.5 Å². The van der Waals surface area contributed by atoms with Crippen LogP contribution in [-0.2, 0) is 6.54 Å². The quantitative estimate of drug-likeness (QED) is 0.682. The molecule has 146 valence electrons. The molecule has 0 atom stereocenters. The molecule has 1 amide bonds. The normalized spacial score (nSPS) is 11.2. The smallest absolute Gasteiger partial charge is 0.254 e. The topological polar surface area (TPSA) is 38.8 Å². The van der Waals surface area contributed by atoms with Crippen molar-refractivity contribution >= 4 is 5.91 Å². The van der Waals surface area contributed by atoms with Gasteiger partial charge in [0.25, 0.3) is 5.91 Å². The number of carbonyl (C=O) groups excluding carboxylic acids is 1. The summed E-state index contributed by atoms with van der Waals surface area (Å²) in [4.78, 5) is 15.1. The van der Waals surface area contributed by atoms with Gasteiger partial charge < -0.3 is 14.4 Å². The fourth-order valence-corrected chi connectivity index (χ4v) is 2.79. The molecule has 0 unspecified atom stereocenters. The molecule has 0 fully saturated rings. The van der Waals surface area contributed by atoms with E-state index in [2.05, 4.69) is 20.8 Å². The van der Waals surface area contributed by atoms with Gasteiger partial charge in [-0.3, -0.25) is 4.79 Å². The van der Waals surface area contributed by atoms with Gasteiger partial charge in [0.15, 0.2) is 0 Å². The van der Waals surface area contributed by atoms with Crippen molar-refractivity contribution in [1.82, 2.24) is 4.90 Å². The lowest BCUT2D eigenvalue weighted by atomic mass is 9.92. The predicted molar refractivity (Wildman–Crippen MR) is 110 cm³/mol. The van der Waals surface area contributed by atoms with Gasteiger partial charge in [-0.2, -0.15) is 0 Å². The molecular formula is C23H31NO3. The van der Waals surface area contributed by atoms with Crippen LogP contribution in [0, 0.1) is 12.3 Å². The minimum absolute atomic E-state index is 0.0390. The standard InChI is InChI=1S/C23H31NO3/c1-17-7-9-18(10-8-17)22(25)24(14-13-23(2,3)4)16-19-11-12-20(26-5)15-21(19)27-6/h7-12,15H,13-14,16H2,1-6H3. The van der Waals surface area contributed by atoms with Crippen LogP contribution in [0.25, 0.3) is 0 Å². The predicted octanol–water partition coefficient (Wildman–Crippen LogP) is 5.09. The van der Waals surface area contributed by atoms with Gasteiger partial charge in [0.05, 0.1) is 14.2 Å². The molecule has 2 aromatic carbocycles. The molecule has 4 heteroatoms. The molecular weight excluding hydrogens is 338 g/mol. The molecule has 0 aromatic heterocycles. The van der Waals surface area contributed by atoms with Crippen molar-refractivity contribution in [3.63, 3.8) is 0 Å². The third kappa shape index (κ3) is 6.02. The van der Waals surface area contributed by atoms with Crippen LogP contribution in [0.2, 0.25) is 0 Å². The SMILES string of the molecule is COc1ccc(CN(CCC(C)(C)C)C(=O)c2ccc(C)cc2)c(OC)c1. The molecule has 0 radical (unpaired) electrons. The maximum absolute atomic E-state index is 13.2. The van der Waals surface area contributed by atoms with Gasteiger partial charge in [0.2, 0.25) is 0 Å². The minimum atomic E-state index is 0.0390. The zero-order valence-electron chi connectivity index (χ0n) is 17.3. The highest BCUT2D eigenvalue weighted by Crippen LogP contribution is 2.27. The molecule has 0 aliphatic carbocycles. The zero-order chi connectivity index (χ0) is 20.0. The first-order chi connectivity index (χ1) is 12.7. The average Bonchev–Trinajstić information content (AvgIpc) is 2.64. The number of hydrogen-bond acceptors (Lipinski definition) is 3. The third-order valence-electron chi connectivity index (χ3n) is 4.57. The highest BCUT2D eigenvalue weighted by molar-refractivity contribution is 5.94. The van der Waals surface area contributed by atoms with Crippen LogP contribution in [-0.4, -0.2) is 31.6 Å². The third-order valence-corrected chi connectivity index (χ3v) is 4.57. The summed E-state index contributed by atoms with van der Waals surface area (Å²) in [7, 11) is 3.27. The highest BCUT2D eigenvalue weighted by Gasteiger charge is 2.21. The van der Waals surface area contributed by atoms with Gasteiger partial charge in [-0.15, -0.1) is 0 Å². The maximum Gasteiger partial charge on any atom is 0.254 e. The maximum atomic E-state index is 13.2. The van der Waals surface area contributed by atoms with Crippen molar-refractivity contribution in [1.29, 1.82) is 0 Å². The molecule has 0 aliphatic rings. The lowest BCUT2D eigenvalue weighted by Crippen LogP contribution is -2.33. The first-order valence-corrected chi connectivity index (χ1v) is 9.30. The molecule has 2 rings (SSSR count). The number of nitrogens with zero attached hydrogens (tertiary/aromatic N) is 1. The van der Waals surface area contributed by atoms with E-state index in [1.165, 1.54) is 0 Å². The molecule has 27 heavy (non-hydrogen) atoms. The molecule has 0 heterocycles. The van der Waals surface area contributed by atoms with Crippen molar-refractivity contribution < 1.29 is 14.3 Å². The van der Waals surface area contributed by atoms with Crippen molar-refractivity contribution in [2.75, 3.05) is 20.8 Å². The van der Waals surface area contributed by atoms with E-state index in [0.29, 0.717) is 18.7 Å². The van der Waals surface area contributed by atoms with Gasteiger partial charge in [0, 0.05) is 30.3 Å². The summed E-state index contributed by atoms with van der Waals surface area (Å²) in [5, 5.41) is 0. The molecule has 2 aromatic rings. The molecule has 0 saturated carbocycles. The van der Waals surface area contributed by atoms with Crippen molar-refractivity contribution in [3.05, 3.63) is 59.2 Å². The summed E-state index contributed by atoms with van der Waals surface area (Å²) in [6.07, 6.45) is 0.920. The summed E-state index contributed by atoms with van der Waals surface area (Å²) in [5.74, 6) is 1.51. The largest absolute Gasteiger partial charge is 0.497 e. The summed E-state index contributed by atoms with van der Waals surface area (Å²) in [6, 6.07) is 13.5. The van der Waals surface area contributed by atoms with Crippen LogP contribution < -0.4 is 9.47 Å². The van der Waals surface area contributed by atoms with Crippen LogP contribution in [0.15, 0.2) is 42.5 Å². The Morgan fingerprint density at radius 2 is 1.67 bits per heavy atom. The van der Waals surface area contributed by atoms with E-state index in [1.807, 2.05) is 54.3 Å². The number of rotatable bonds is 7. The van der Waals surface area contributed by atoms with E-state index >= 15 is 0 Å². The number of hydrogen-bond donors (Lipinski definition) is 0. The molecule has 0 spiro atoms. The fraction of sp³-hybridized carbons (Fsp3) is 0.435. The Kier molecular flexibility index (Phi) is 6.89. The number of benzene rings is 2. The van der Waals surface area contributed by atoms with Crippen LogP contribution in [0.3, 0.4) is 0 Å². The Bertz CT molecular complexity index is 760. The Morgan fingerprint density at radius 1 is 1.00 bits per heavy atom. The van der Waals surface area contributed by atoms with Gasteiger partial charge >= 0.3 is 0 Å². The second-order valence-corrected chi connectivity index (χ2v) is 8.08. The van der Waals surface area contributed by atoms with E-state index in [-0.39, 0.29) is 11.3 Å². The zero-order valence-corrected chi connectivity index (χ0v) is 17.3. The van der Waals surface area contributed by atoms with E-state index in [4.69, 9.17) is 9.47 Å². The average molecular weight is 370 g/mol. The van der Waals surface area contributed by atoms with E-state index < -0.39 is 0 Å². The van der Waals surface area contributed by atoms with Gasteiger partial charge in [-0.25, -0.2) is 0 Å². The second-order valence-electron chi connectivity index (χ2n) is 8.08. The van der Waals surface area contributed by atoms with Gasteiger partial charge in [-0.1, -0.05) is 38.5 Å². The lowest BCUT2D eigenvalue weighted by molar-refractivity contribution is 0.0723. The summed E-state index contributed by atoms with van der Waals surface area (Å²) in [6.45, 7) is 9.77. The monoisotopic (exact) mass is 369 g/mol. The van der Waals surface area contributed by atoms with E-state index in [0.717, 1.165) is 29.0 Å². The summed E-state index contributed by atoms with van der Waals surface area (Å²) >= 11 is 0.